The molecule has 216 valence electrons. The van der Waals surface area contributed by atoms with Crippen LogP contribution < -0.4 is 19.7 Å². The minimum atomic E-state index is -1.32. The highest BCUT2D eigenvalue weighted by Gasteiger charge is 2.48. The maximum absolute atomic E-state index is 14.3. The molecule has 41 heavy (non-hydrogen) atoms. The summed E-state index contributed by atoms with van der Waals surface area (Å²) < 4.78 is 22.6. The zero-order valence-electron chi connectivity index (χ0n) is 23.8. The Bertz CT molecular complexity index is 1350. The normalized spacial score (nSPS) is 16.3. The molecule has 0 saturated heterocycles. The summed E-state index contributed by atoms with van der Waals surface area (Å²) in [6.45, 7) is 5.98. The summed E-state index contributed by atoms with van der Waals surface area (Å²) in [5.74, 6) is 0.547. The van der Waals surface area contributed by atoms with E-state index >= 15 is 0 Å². The molecule has 3 aromatic carbocycles. The molecular formula is C32H36N2O7. The molecule has 3 aromatic rings. The van der Waals surface area contributed by atoms with E-state index in [1.807, 2.05) is 54.6 Å². The Kier molecular flexibility index (Phi) is 9.17. The fraction of sp³-hybridized carbons (Fsp3) is 0.344. The van der Waals surface area contributed by atoms with E-state index in [0.717, 1.165) is 5.56 Å². The van der Waals surface area contributed by atoms with Crippen molar-refractivity contribution >= 4 is 23.7 Å². The lowest BCUT2D eigenvalue weighted by atomic mass is 9.90. The first-order chi connectivity index (χ1) is 19.6. The summed E-state index contributed by atoms with van der Waals surface area (Å²) in [7, 11) is 1.33. The number of hydrogen-bond acceptors (Lipinski definition) is 7. The Hall–Kier alpha value is -4.53. The summed E-state index contributed by atoms with van der Waals surface area (Å²) in [6, 6.07) is 23.6. The Morgan fingerprint density at radius 3 is 2.29 bits per heavy atom. The molecule has 2 amide bonds. The number of carbonyl (C=O) groups is 3. The molecule has 1 aliphatic rings. The van der Waals surface area contributed by atoms with Crippen molar-refractivity contribution in [2.24, 2.45) is 0 Å². The molecule has 1 aliphatic heterocycles. The number of methoxy groups -OCH3 is 1. The average Bonchev–Trinajstić information content (AvgIpc) is 2.95. The van der Waals surface area contributed by atoms with Gasteiger partial charge in [-0.1, -0.05) is 42.5 Å². The molecule has 0 radical (unpaired) electrons. The number of anilines is 1. The van der Waals surface area contributed by atoms with Crippen LogP contribution in [0.1, 0.15) is 49.5 Å². The standard InChI is InChI=1S/C32H36N2O7/c1-31(2,3)41-30(37)33-20-18-32(19-21-39-25-10-6-5-7-11-25)29(36)34(26-12-8-9-13-27(26)40-32)22-23-14-16-24(17-15-23)28(35)38-4/h5-17H,18-22H2,1-4H3,(H,33,37). The smallest absolute Gasteiger partial charge is 0.407 e. The van der Waals surface area contributed by atoms with Gasteiger partial charge in [0.1, 0.15) is 17.1 Å². The van der Waals surface area contributed by atoms with Crippen LogP contribution in [0, 0.1) is 0 Å². The van der Waals surface area contributed by atoms with Gasteiger partial charge in [-0.15, -0.1) is 0 Å². The first-order valence-corrected chi connectivity index (χ1v) is 13.5. The molecule has 0 bridgehead atoms. The predicted octanol–water partition coefficient (Wildman–Crippen LogP) is 5.52. The van der Waals surface area contributed by atoms with Crippen molar-refractivity contribution in [1.29, 1.82) is 0 Å². The van der Waals surface area contributed by atoms with Gasteiger partial charge in [-0.3, -0.25) is 4.79 Å². The Morgan fingerprint density at radius 2 is 1.61 bits per heavy atom. The van der Waals surface area contributed by atoms with Crippen molar-refractivity contribution in [1.82, 2.24) is 5.32 Å². The number of alkyl carbamates (subject to hydrolysis) is 1. The van der Waals surface area contributed by atoms with Gasteiger partial charge in [-0.25, -0.2) is 9.59 Å². The summed E-state index contributed by atoms with van der Waals surface area (Å²) >= 11 is 0. The Labute approximate surface area is 240 Å². The largest absolute Gasteiger partial charge is 0.493 e. The van der Waals surface area contributed by atoms with Crippen LogP contribution in [0.3, 0.4) is 0 Å². The van der Waals surface area contributed by atoms with Gasteiger partial charge in [0.05, 0.1) is 31.5 Å². The van der Waals surface area contributed by atoms with Crippen molar-refractivity contribution in [3.8, 4) is 11.5 Å². The minimum absolute atomic E-state index is 0.149. The second kappa shape index (κ2) is 12.8. The molecule has 1 heterocycles. The van der Waals surface area contributed by atoms with E-state index in [4.69, 9.17) is 18.9 Å². The third-order valence-electron chi connectivity index (χ3n) is 6.53. The molecule has 1 atom stereocenters. The molecule has 0 aliphatic carbocycles. The Balaban J connectivity index is 1.60. The van der Waals surface area contributed by atoms with Gasteiger partial charge in [0.2, 0.25) is 0 Å². The number of carbonyl (C=O) groups excluding carboxylic acids is 3. The first-order valence-electron chi connectivity index (χ1n) is 13.5. The third-order valence-corrected chi connectivity index (χ3v) is 6.53. The number of ether oxygens (including phenoxy) is 4. The lowest BCUT2D eigenvalue weighted by Crippen LogP contribution is -2.57. The second-order valence-corrected chi connectivity index (χ2v) is 10.7. The van der Waals surface area contributed by atoms with E-state index in [1.54, 1.807) is 49.9 Å². The van der Waals surface area contributed by atoms with Crippen LogP contribution in [0.2, 0.25) is 0 Å². The SMILES string of the molecule is COC(=O)c1ccc(CN2C(=O)C(CCNC(=O)OC(C)(C)C)(CCOc3ccccc3)Oc3ccccc32)cc1. The van der Waals surface area contributed by atoms with Crippen LogP contribution in [0.25, 0.3) is 0 Å². The summed E-state index contributed by atoms with van der Waals surface area (Å²) in [5.41, 5.74) is -0.0880. The van der Waals surface area contributed by atoms with E-state index in [-0.39, 0.29) is 38.4 Å². The van der Waals surface area contributed by atoms with Gasteiger partial charge in [0, 0.05) is 19.4 Å². The summed E-state index contributed by atoms with van der Waals surface area (Å²) in [5, 5.41) is 2.75. The summed E-state index contributed by atoms with van der Waals surface area (Å²) in [6.07, 6.45) is -0.141. The average molecular weight is 561 g/mol. The lowest BCUT2D eigenvalue weighted by Gasteiger charge is -2.43. The molecule has 9 heteroatoms. The lowest BCUT2D eigenvalue weighted by molar-refractivity contribution is -0.137. The van der Waals surface area contributed by atoms with Crippen LogP contribution >= 0.6 is 0 Å². The molecule has 1 N–H and O–H groups in total. The molecule has 0 saturated carbocycles. The molecule has 0 fully saturated rings. The first kappa shape index (κ1) is 29.5. The van der Waals surface area contributed by atoms with Crippen LogP contribution in [-0.2, 0) is 20.8 Å². The molecule has 1 unspecified atom stereocenters. The van der Waals surface area contributed by atoms with Gasteiger partial charge >= 0.3 is 12.1 Å². The highest BCUT2D eigenvalue weighted by atomic mass is 16.6. The monoisotopic (exact) mass is 560 g/mol. The minimum Gasteiger partial charge on any atom is -0.493 e. The van der Waals surface area contributed by atoms with Crippen molar-refractivity contribution < 1.29 is 33.3 Å². The maximum Gasteiger partial charge on any atom is 0.407 e. The molecule has 4 rings (SSSR count). The van der Waals surface area contributed by atoms with Crippen molar-refractivity contribution in [3.63, 3.8) is 0 Å². The van der Waals surface area contributed by atoms with E-state index in [9.17, 15) is 14.4 Å². The van der Waals surface area contributed by atoms with Crippen LogP contribution in [-0.4, -0.2) is 49.4 Å². The van der Waals surface area contributed by atoms with Gasteiger partial charge in [-0.05, 0) is 62.7 Å². The van der Waals surface area contributed by atoms with Crippen molar-refractivity contribution in [2.75, 3.05) is 25.2 Å². The molecular weight excluding hydrogens is 524 g/mol. The number of esters is 1. The van der Waals surface area contributed by atoms with E-state index in [2.05, 4.69) is 5.32 Å². The molecule has 9 nitrogen and oxygen atoms in total. The highest BCUT2D eigenvalue weighted by molar-refractivity contribution is 6.03. The van der Waals surface area contributed by atoms with E-state index < -0.39 is 23.3 Å². The quantitative estimate of drug-likeness (QED) is 0.326. The van der Waals surface area contributed by atoms with Crippen molar-refractivity contribution in [2.45, 2.75) is 51.4 Å². The third kappa shape index (κ3) is 7.57. The second-order valence-electron chi connectivity index (χ2n) is 10.7. The van der Waals surface area contributed by atoms with Gasteiger partial charge in [0.15, 0.2) is 5.60 Å². The van der Waals surface area contributed by atoms with Crippen molar-refractivity contribution in [3.05, 3.63) is 90.0 Å². The van der Waals surface area contributed by atoms with E-state index in [0.29, 0.717) is 22.7 Å². The van der Waals surface area contributed by atoms with E-state index in [1.165, 1.54) is 7.11 Å². The number of rotatable bonds is 10. The fourth-order valence-electron chi connectivity index (χ4n) is 4.55. The van der Waals surface area contributed by atoms with Crippen LogP contribution in [0.4, 0.5) is 10.5 Å². The number of nitrogens with zero attached hydrogens (tertiary/aromatic N) is 1. The predicted molar refractivity (Wildman–Crippen MR) is 154 cm³/mol. The maximum atomic E-state index is 14.3. The number of benzene rings is 3. The number of fused-ring (bicyclic) bond motifs is 1. The number of nitrogens with one attached hydrogen (secondary N) is 1. The number of amides is 2. The van der Waals surface area contributed by atoms with Gasteiger partial charge < -0.3 is 29.2 Å². The number of hydrogen-bond donors (Lipinski definition) is 1. The van der Waals surface area contributed by atoms with Gasteiger partial charge in [-0.2, -0.15) is 0 Å². The Morgan fingerprint density at radius 1 is 0.927 bits per heavy atom. The molecule has 0 aromatic heterocycles. The van der Waals surface area contributed by atoms with Crippen LogP contribution in [0.15, 0.2) is 78.9 Å². The highest BCUT2D eigenvalue weighted by Crippen LogP contribution is 2.41. The topological polar surface area (TPSA) is 103 Å². The zero-order valence-corrected chi connectivity index (χ0v) is 23.8. The zero-order chi connectivity index (χ0) is 29.5. The number of para-hydroxylation sites is 3. The van der Waals surface area contributed by atoms with Crippen LogP contribution in [0.5, 0.6) is 11.5 Å². The molecule has 0 spiro atoms. The summed E-state index contributed by atoms with van der Waals surface area (Å²) in [4.78, 5) is 40.2. The van der Waals surface area contributed by atoms with Gasteiger partial charge in [0.25, 0.3) is 5.91 Å². The fourth-order valence-corrected chi connectivity index (χ4v) is 4.55.